The number of hydrogen-bond acceptors (Lipinski definition) is 8. The molecule has 0 bridgehead atoms. The molecule has 8 nitrogen and oxygen atoms in total. The zero-order chi connectivity index (χ0) is 35.9. The second-order valence-corrected chi connectivity index (χ2v) is 12.3. The molecule has 1 aliphatic carbocycles. The Kier molecular flexibility index (Phi) is 11.7. The molecule has 0 unspecified atom stereocenters. The summed E-state index contributed by atoms with van der Waals surface area (Å²) in [4.78, 5) is 29.2. The van der Waals surface area contributed by atoms with Gasteiger partial charge in [0.25, 0.3) is 0 Å². The van der Waals surface area contributed by atoms with Gasteiger partial charge in [0, 0.05) is 43.5 Å². The second kappa shape index (κ2) is 15.9. The summed E-state index contributed by atoms with van der Waals surface area (Å²) in [5, 5.41) is 0.833. The summed E-state index contributed by atoms with van der Waals surface area (Å²) >= 11 is 0. The monoisotopic (exact) mass is 703 g/mol. The standard InChI is InChI=1S/C36H39F6N5O3/c1-3-13-46(21-24-11-12-24)33-27(17-26-8-5-6-9-31(26)45-33)23-47(22-25-15-28(35(37,38)39)18-29(16-25)36(40,41)42)34-43-19-30(20-44-34)50-14-7-10-32(48)49-4-2/h5-6,8-9,15-20,24H,3-4,7,10-14,21-23H2,1-2H3. The van der Waals surface area contributed by atoms with Crippen molar-refractivity contribution in [3.8, 4) is 5.75 Å². The van der Waals surface area contributed by atoms with Gasteiger partial charge in [-0.15, -0.1) is 0 Å². The molecule has 0 aliphatic heterocycles. The predicted molar refractivity (Wildman–Crippen MR) is 177 cm³/mol. The van der Waals surface area contributed by atoms with Crippen molar-refractivity contribution in [2.75, 3.05) is 36.1 Å². The van der Waals surface area contributed by atoms with Crippen LogP contribution >= 0.6 is 0 Å². The highest BCUT2D eigenvalue weighted by Gasteiger charge is 2.37. The number of benzene rings is 2. The number of carbonyl (C=O) groups excluding carboxylic acids is 1. The Labute approximate surface area is 286 Å². The van der Waals surface area contributed by atoms with Gasteiger partial charge in [0.15, 0.2) is 5.75 Å². The van der Waals surface area contributed by atoms with Crippen LogP contribution in [0, 0.1) is 5.92 Å². The van der Waals surface area contributed by atoms with Gasteiger partial charge in [-0.3, -0.25) is 4.79 Å². The first-order chi connectivity index (χ1) is 23.8. The molecule has 1 saturated carbocycles. The van der Waals surface area contributed by atoms with Gasteiger partial charge in [0.1, 0.15) is 5.82 Å². The van der Waals surface area contributed by atoms with E-state index in [0.29, 0.717) is 18.2 Å². The molecular weight excluding hydrogens is 664 g/mol. The number of carbonyl (C=O) groups is 1. The van der Waals surface area contributed by atoms with Crippen LogP contribution in [-0.4, -0.2) is 47.2 Å². The molecule has 50 heavy (non-hydrogen) atoms. The minimum absolute atomic E-state index is 0.0371. The van der Waals surface area contributed by atoms with Gasteiger partial charge < -0.3 is 19.3 Å². The third-order valence-corrected chi connectivity index (χ3v) is 8.13. The van der Waals surface area contributed by atoms with Crippen LogP contribution in [0.1, 0.15) is 68.2 Å². The maximum absolute atomic E-state index is 13.8. The van der Waals surface area contributed by atoms with Crippen molar-refractivity contribution >= 4 is 28.6 Å². The van der Waals surface area contributed by atoms with Crippen LogP contribution in [0.15, 0.2) is 60.9 Å². The largest absolute Gasteiger partial charge is 0.490 e. The zero-order valence-corrected chi connectivity index (χ0v) is 27.9. The van der Waals surface area contributed by atoms with E-state index < -0.39 is 23.5 Å². The fourth-order valence-corrected chi connectivity index (χ4v) is 5.63. The third kappa shape index (κ3) is 9.97. The van der Waals surface area contributed by atoms with Crippen LogP contribution in [0.3, 0.4) is 0 Å². The lowest BCUT2D eigenvalue weighted by molar-refractivity contribution is -0.144. The fraction of sp³-hybridized carbons (Fsp3) is 0.444. The fourth-order valence-electron chi connectivity index (χ4n) is 5.63. The minimum atomic E-state index is -5.00. The third-order valence-electron chi connectivity index (χ3n) is 8.13. The van der Waals surface area contributed by atoms with E-state index in [0.717, 1.165) is 61.0 Å². The quantitative estimate of drug-likeness (QED) is 0.0652. The Hall–Kier alpha value is -4.62. The molecule has 0 radical (unpaired) electrons. The molecular formula is C36H39F6N5O3. The van der Waals surface area contributed by atoms with E-state index in [9.17, 15) is 31.1 Å². The van der Waals surface area contributed by atoms with E-state index in [1.54, 1.807) is 6.92 Å². The maximum Gasteiger partial charge on any atom is 0.416 e. The molecule has 14 heteroatoms. The number of ether oxygens (including phenoxy) is 2. The van der Waals surface area contributed by atoms with E-state index in [-0.39, 0.29) is 62.0 Å². The Morgan fingerprint density at radius 1 is 0.900 bits per heavy atom. The van der Waals surface area contributed by atoms with Gasteiger partial charge >= 0.3 is 18.3 Å². The normalized spacial score (nSPS) is 13.4. The van der Waals surface area contributed by atoms with E-state index >= 15 is 0 Å². The number of aromatic nitrogens is 3. The lowest BCUT2D eigenvalue weighted by Crippen LogP contribution is -2.31. The molecule has 0 atom stereocenters. The average molecular weight is 704 g/mol. The maximum atomic E-state index is 13.8. The topological polar surface area (TPSA) is 80.7 Å². The number of fused-ring (bicyclic) bond motifs is 1. The van der Waals surface area contributed by atoms with Crippen molar-refractivity contribution in [3.63, 3.8) is 0 Å². The molecule has 4 aromatic rings. The van der Waals surface area contributed by atoms with E-state index in [1.807, 2.05) is 30.3 Å². The number of alkyl halides is 6. The Balaban J connectivity index is 1.52. The van der Waals surface area contributed by atoms with Gasteiger partial charge in [0.2, 0.25) is 5.95 Å². The summed E-state index contributed by atoms with van der Waals surface area (Å²) in [6.45, 7) is 5.40. The van der Waals surface area contributed by atoms with Crippen molar-refractivity contribution in [1.29, 1.82) is 0 Å². The van der Waals surface area contributed by atoms with Crippen LogP contribution in [0.5, 0.6) is 5.75 Å². The first-order valence-electron chi connectivity index (χ1n) is 16.6. The Bertz CT molecular complexity index is 1710. The lowest BCUT2D eigenvalue weighted by Gasteiger charge is -2.29. The smallest absolute Gasteiger partial charge is 0.416 e. The average Bonchev–Trinajstić information content (AvgIpc) is 3.90. The molecule has 5 rings (SSSR count). The Morgan fingerprint density at radius 3 is 2.20 bits per heavy atom. The second-order valence-electron chi connectivity index (χ2n) is 12.3. The van der Waals surface area contributed by atoms with Gasteiger partial charge in [-0.1, -0.05) is 25.1 Å². The SMILES string of the molecule is CCCN(CC1CC1)c1nc2ccccc2cc1CN(Cc1cc(C(F)(F)F)cc(C(F)(F)F)c1)c1ncc(OCCCC(=O)OCC)cn1. The highest BCUT2D eigenvalue weighted by molar-refractivity contribution is 5.82. The van der Waals surface area contributed by atoms with E-state index in [4.69, 9.17) is 14.5 Å². The van der Waals surface area contributed by atoms with Crippen LogP contribution < -0.4 is 14.5 Å². The van der Waals surface area contributed by atoms with Crippen LogP contribution in [-0.2, 0) is 35.0 Å². The van der Waals surface area contributed by atoms with Crippen molar-refractivity contribution in [1.82, 2.24) is 15.0 Å². The molecule has 1 aliphatic rings. The van der Waals surface area contributed by atoms with Crippen LogP contribution in [0.4, 0.5) is 38.1 Å². The first-order valence-corrected chi connectivity index (χ1v) is 16.6. The van der Waals surface area contributed by atoms with Crippen molar-refractivity contribution in [3.05, 3.63) is 83.2 Å². The minimum Gasteiger partial charge on any atom is -0.490 e. The zero-order valence-electron chi connectivity index (χ0n) is 27.9. The van der Waals surface area contributed by atoms with Crippen molar-refractivity contribution in [2.24, 2.45) is 5.92 Å². The summed E-state index contributed by atoms with van der Waals surface area (Å²) in [5.74, 6) is 1.22. The number of halogens is 6. The van der Waals surface area contributed by atoms with Crippen molar-refractivity contribution < 1.29 is 40.6 Å². The number of hydrogen-bond donors (Lipinski definition) is 0. The van der Waals surface area contributed by atoms with Gasteiger partial charge in [-0.2, -0.15) is 26.3 Å². The number of pyridine rings is 1. The molecule has 2 heterocycles. The molecule has 2 aromatic carbocycles. The van der Waals surface area contributed by atoms with Crippen LogP contribution in [0.25, 0.3) is 10.9 Å². The number of para-hydroxylation sites is 1. The highest BCUT2D eigenvalue weighted by atomic mass is 19.4. The summed E-state index contributed by atoms with van der Waals surface area (Å²) in [5.41, 5.74) is -1.52. The summed E-state index contributed by atoms with van der Waals surface area (Å²) < 4.78 is 93.4. The molecule has 268 valence electrons. The number of nitrogens with zero attached hydrogens (tertiary/aromatic N) is 5. The van der Waals surface area contributed by atoms with Gasteiger partial charge in [-0.25, -0.2) is 15.0 Å². The molecule has 0 amide bonds. The van der Waals surface area contributed by atoms with E-state index in [2.05, 4.69) is 21.8 Å². The molecule has 0 saturated heterocycles. The molecule has 2 aromatic heterocycles. The lowest BCUT2D eigenvalue weighted by atomic mass is 10.0. The Morgan fingerprint density at radius 2 is 1.58 bits per heavy atom. The molecule has 1 fully saturated rings. The number of esters is 1. The number of anilines is 2. The number of rotatable bonds is 16. The molecule has 0 spiro atoms. The van der Waals surface area contributed by atoms with E-state index in [1.165, 1.54) is 17.3 Å². The van der Waals surface area contributed by atoms with Crippen molar-refractivity contribution in [2.45, 2.75) is 71.4 Å². The molecule has 0 N–H and O–H groups in total. The predicted octanol–water partition coefficient (Wildman–Crippen LogP) is 8.62. The highest BCUT2D eigenvalue weighted by Crippen LogP contribution is 2.38. The van der Waals surface area contributed by atoms with Gasteiger partial charge in [-0.05, 0) is 74.4 Å². The summed E-state index contributed by atoms with van der Waals surface area (Å²) in [6.07, 6.45) is -3.63. The summed E-state index contributed by atoms with van der Waals surface area (Å²) in [6, 6.07) is 11.1. The van der Waals surface area contributed by atoms with Gasteiger partial charge in [0.05, 0.1) is 42.3 Å². The first kappa shape index (κ1) is 36.7. The summed E-state index contributed by atoms with van der Waals surface area (Å²) in [7, 11) is 0. The van der Waals surface area contributed by atoms with Crippen LogP contribution in [0.2, 0.25) is 0 Å².